The Morgan fingerprint density at radius 3 is 0.882 bits per heavy atom. The van der Waals surface area contributed by atoms with Crippen molar-refractivity contribution in [2.24, 2.45) is 34.1 Å². The van der Waals surface area contributed by atoms with E-state index < -0.39 is 0 Å². The van der Waals surface area contributed by atoms with Crippen LogP contribution in [0.5, 0.6) is 0 Å². The number of benzene rings is 8. The van der Waals surface area contributed by atoms with Crippen molar-refractivity contribution in [3.05, 3.63) is 337 Å². The minimum absolute atomic E-state index is 0.514. The van der Waals surface area contributed by atoms with Gasteiger partial charge in [-0.15, -0.1) is 0 Å². The Balaban J connectivity index is 0.000000114. The third-order valence-corrected chi connectivity index (χ3v) is 23.1. The number of furan rings is 4. The number of fused-ring (bicyclic) bond motifs is 12. The molecule has 12 heteroatoms. The Morgan fingerprint density at radius 2 is 0.571 bits per heavy atom. The predicted octanol–water partition coefficient (Wildman–Crippen LogP) is 25.5. The molecule has 119 heavy (non-hydrogen) atoms. The van der Waals surface area contributed by atoms with Gasteiger partial charge < -0.3 is 17.7 Å². The quantitative estimate of drug-likeness (QED) is 0.111. The molecule has 0 radical (unpaired) electrons. The molecule has 0 aliphatic heterocycles. The number of pyridine rings is 8. The summed E-state index contributed by atoms with van der Waals surface area (Å²) in [7, 11) is 8.39. The van der Waals surface area contributed by atoms with Gasteiger partial charge in [-0.3, -0.25) is 0 Å². The fourth-order valence-electron chi connectivity index (χ4n) is 16.8. The van der Waals surface area contributed by atoms with E-state index in [2.05, 4.69) is 386 Å². The van der Waals surface area contributed by atoms with Gasteiger partial charge >= 0.3 is 0 Å². The summed E-state index contributed by atoms with van der Waals surface area (Å²) in [5.74, 6) is 1.72. The second-order valence-electron chi connectivity index (χ2n) is 32.7. The molecule has 0 unspecified atom stereocenters. The van der Waals surface area contributed by atoms with E-state index in [-0.39, 0.29) is 0 Å². The third-order valence-electron chi connectivity index (χ3n) is 23.1. The zero-order valence-electron chi connectivity index (χ0n) is 70.4. The highest BCUT2D eigenvalue weighted by molar-refractivity contribution is 6.12. The summed E-state index contributed by atoms with van der Waals surface area (Å²) in [5.41, 5.74) is 35.2. The second kappa shape index (κ2) is 32.7. The standard InChI is InChI=1S/C28H27N2O.2C27H25N2O.C25H21N2O/c1-18(2)16-20-8-10-21(11-9-20)22-12-14-25(30(4)17-22)26-19(3)7-13-23-24-6-5-15-29-28(24)31-27(23)26;1-17(2)19-7-5-8-20(15-19)21-11-13-24(29(4)16-21)25-18(3)10-12-22-23-9-6-14-28-27(23)30-26(22)25;1-17(2)19-8-10-20(11-9-19)21-12-14-24(29(4)16-21)25-18(3)7-13-22-23-6-5-15-28-27(23)30-26(22)25;1-16-6-4-7-18(14-16)19-10-12-22(27(3)15-19)23-17(2)9-11-20-21-8-5-13-26-25(21)28-24(20)23/h5-15,17-18H,16H2,1-4H3;2*5-17H,1-4H3;4-15H,1-3H3/q4*+1. The van der Waals surface area contributed by atoms with E-state index in [1.807, 2.05) is 24.3 Å². The molecular weight excluding hydrogens is 1460 g/mol. The highest BCUT2D eigenvalue weighted by atomic mass is 16.4. The van der Waals surface area contributed by atoms with Crippen molar-refractivity contribution in [2.75, 3.05) is 0 Å². The molecule has 0 amide bonds. The van der Waals surface area contributed by atoms with Crippen molar-refractivity contribution in [1.82, 2.24) is 19.9 Å². The van der Waals surface area contributed by atoms with Crippen LogP contribution in [0.15, 0.2) is 310 Å². The Hall–Kier alpha value is -13.8. The summed E-state index contributed by atoms with van der Waals surface area (Å²) in [6, 6.07) is 86.0. The Morgan fingerprint density at radius 1 is 0.269 bits per heavy atom. The minimum Gasteiger partial charge on any atom is -0.437 e. The Bertz CT molecular complexity index is 7240. The molecule has 0 N–H and O–H groups in total. The molecule has 12 heterocycles. The fourth-order valence-corrected chi connectivity index (χ4v) is 16.8. The normalized spacial score (nSPS) is 11.6. The van der Waals surface area contributed by atoms with E-state index in [1.54, 1.807) is 24.8 Å². The molecule has 0 atom stereocenters. The number of aryl methyl sites for hydroxylation is 9. The van der Waals surface area contributed by atoms with Crippen LogP contribution in [0.4, 0.5) is 0 Å². The Kier molecular flexibility index (Phi) is 21.3. The molecule has 20 rings (SSSR count). The van der Waals surface area contributed by atoms with Crippen LogP contribution < -0.4 is 18.3 Å². The lowest BCUT2D eigenvalue weighted by Gasteiger charge is -2.09. The summed E-state index contributed by atoms with van der Waals surface area (Å²) in [6.45, 7) is 24.1. The first-order valence-electron chi connectivity index (χ1n) is 41.1. The highest BCUT2D eigenvalue weighted by Gasteiger charge is 2.27. The van der Waals surface area contributed by atoms with Gasteiger partial charge in [0.25, 0.3) is 0 Å². The van der Waals surface area contributed by atoms with Crippen LogP contribution in [0.25, 0.3) is 178 Å². The molecule has 8 aromatic carbocycles. The van der Waals surface area contributed by atoms with Crippen LogP contribution in [0.3, 0.4) is 0 Å². The van der Waals surface area contributed by atoms with E-state index in [4.69, 9.17) is 17.7 Å². The van der Waals surface area contributed by atoms with Gasteiger partial charge in [-0.05, 0) is 193 Å². The fraction of sp³-hybridized carbons (Fsp3) is 0.178. The van der Waals surface area contributed by atoms with E-state index >= 15 is 0 Å². The number of nitrogens with zero attached hydrogens (tertiary/aromatic N) is 8. The van der Waals surface area contributed by atoms with Gasteiger partial charge in [0.2, 0.25) is 45.6 Å². The zero-order valence-corrected chi connectivity index (χ0v) is 70.4. The summed E-state index contributed by atoms with van der Waals surface area (Å²) < 4.78 is 33.6. The van der Waals surface area contributed by atoms with Crippen LogP contribution in [0.2, 0.25) is 0 Å². The van der Waals surface area contributed by atoms with Crippen molar-refractivity contribution < 1.29 is 35.9 Å². The second-order valence-corrected chi connectivity index (χ2v) is 32.7. The average Bonchev–Trinajstić information content (AvgIpc) is 1.64. The van der Waals surface area contributed by atoms with Crippen molar-refractivity contribution in [3.8, 4) is 89.5 Å². The van der Waals surface area contributed by atoms with Gasteiger partial charge in [0.05, 0.1) is 22.3 Å². The van der Waals surface area contributed by atoms with Gasteiger partial charge in [-0.25, -0.2) is 38.2 Å². The van der Waals surface area contributed by atoms with E-state index in [9.17, 15) is 0 Å². The molecule has 0 saturated carbocycles. The number of hydrogen-bond acceptors (Lipinski definition) is 8. The van der Waals surface area contributed by atoms with Gasteiger partial charge in [0, 0.05) is 114 Å². The molecule has 0 aliphatic rings. The first-order chi connectivity index (χ1) is 57.7. The van der Waals surface area contributed by atoms with Crippen molar-refractivity contribution >= 4 is 88.3 Å². The summed E-state index contributed by atoms with van der Waals surface area (Å²) in [6.07, 6.45) is 17.0. The molecule has 12 nitrogen and oxygen atoms in total. The van der Waals surface area contributed by atoms with Gasteiger partial charge in [0.15, 0.2) is 47.1 Å². The summed E-state index contributed by atoms with van der Waals surface area (Å²) >= 11 is 0. The van der Waals surface area contributed by atoms with Crippen LogP contribution in [0.1, 0.15) is 97.9 Å². The Labute approximate surface area is 694 Å². The third kappa shape index (κ3) is 15.3. The van der Waals surface area contributed by atoms with Crippen LogP contribution in [-0.4, -0.2) is 19.9 Å². The first kappa shape index (κ1) is 77.7. The molecule has 0 fully saturated rings. The maximum atomic E-state index is 6.21. The number of aromatic nitrogens is 8. The van der Waals surface area contributed by atoms with Crippen LogP contribution in [-0.2, 0) is 34.6 Å². The molecule has 586 valence electrons. The molecule has 0 aliphatic carbocycles. The number of hydrogen-bond donors (Lipinski definition) is 0. The molecule has 12 aromatic heterocycles. The van der Waals surface area contributed by atoms with Crippen molar-refractivity contribution in [3.63, 3.8) is 0 Å². The largest absolute Gasteiger partial charge is 0.437 e. The van der Waals surface area contributed by atoms with Crippen molar-refractivity contribution in [1.29, 1.82) is 0 Å². The molecule has 20 aromatic rings. The van der Waals surface area contributed by atoms with E-state index in [1.165, 1.54) is 89.0 Å². The lowest BCUT2D eigenvalue weighted by atomic mass is 9.97. The topological polar surface area (TPSA) is 120 Å². The van der Waals surface area contributed by atoms with Gasteiger partial charge in [0.1, 0.15) is 28.2 Å². The molecule has 0 bridgehead atoms. The smallest absolute Gasteiger partial charge is 0.227 e. The van der Waals surface area contributed by atoms with Crippen molar-refractivity contribution in [2.45, 2.75) is 94.4 Å². The maximum Gasteiger partial charge on any atom is 0.227 e. The lowest BCUT2D eigenvalue weighted by molar-refractivity contribution is -0.660. The van der Waals surface area contributed by atoms with E-state index in [0.29, 0.717) is 40.6 Å². The lowest BCUT2D eigenvalue weighted by Crippen LogP contribution is -2.31. The van der Waals surface area contributed by atoms with Crippen LogP contribution in [0, 0.1) is 40.5 Å². The zero-order chi connectivity index (χ0) is 82.4. The van der Waals surface area contributed by atoms with Crippen LogP contribution >= 0.6 is 0 Å². The first-order valence-corrected chi connectivity index (χ1v) is 41.1. The molecular formula is C107H98N8O4+4. The maximum absolute atomic E-state index is 6.21. The van der Waals surface area contributed by atoms with Gasteiger partial charge in [-0.2, -0.15) is 0 Å². The molecule has 0 saturated heterocycles. The summed E-state index contributed by atoms with van der Waals surface area (Å²) in [5, 5.41) is 8.63. The minimum atomic E-state index is 0.514. The number of rotatable bonds is 12. The highest BCUT2D eigenvalue weighted by Crippen LogP contribution is 2.42. The van der Waals surface area contributed by atoms with E-state index in [0.717, 1.165) is 117 Å². The molecule has 0 spiro atoms. The predicted molar refractivity (Wildman–Crippen MR) is 485 cm³/mol. The van der Waals surface area contributed by atoms with Gasteiger partial charge in [-0.1, -0.05) is 193 Å². The monoisotopic (exact) mass is 1560 g/mol. The average molecular weight is 1560 g/mol. The SMILES string of the molecule is Cc1ccc2c(oc3ncccc32)c1-c1ccc(-c2ccc(C(C)C)cc2)c[n+]1C.Cc1ccc2c(oc3ncccc32)c1-c1ccc(-c2ccc(CC(C)C)cc2)c[n+]1C.Cc1ccc2c(oc3ncccc32)c1-c1ccc(-c2cccc(C(C)C)c2)c[n+]1C.Cc1cccc(-c2ccc(-c3c(C)ccc4c3oc3ncccc34)[n+](C)c2)c1. The summed E-state index contributed by atoms with van der Waals surface area (Å²) in [4.78, 5) is 17.6.